The number of benzene rings is 2. The van der Waals surface area contributed by atoms with E-state index in [0.717, 1.165) is 20.9 Å². The van der Waals surface area contributed by atoms with Gasteiger partial charge in [-0.15, -0.1) is 0 Å². The molecule has 1 aromatic heterocycles. The number of likely N-dealkylation sites (tertiary alicyclic amines) is 1. The van der Waals surface area contributed by atoms with Crippen molar-refractivity contribution in [2.24, 2.45) is 7.05 Å². The van der Waals surface area contributed by atoms with E-state index in [0.29, 0.717) is 41.7 Å². The van der Waals surface area contributed by atoms with Gasteiger partial charge in [0.25, 0.3) is 5.91 Å². The Bertz CT molecular complexity index is 1290. The molecule has 3 aromatic rings. The quantitative estimate of drug-likeness (QED) is 0.366. The number of nitrogens with zero attached hydrogens (tertiary/aromatic N) is 2. The van der Waals surface area contributed by atoms with Crippen molar-refractivity contribution in [2.45, 2.75) is 44.8 Å². The lowest BCUT2D eigenvalue weighted by Crippen LogP contribution is -2.54. The van der Waals surface area contributed by atoms with Crippen molar-refractivity contribution < 1.29 is 14.3 Å². The Hall–Kier alpha value is -2.22. The van der Waals surface area contributed by atoms with Crippen LogP contribution in [-0.4, -0.2) is 40.2 Å². The van der Waals surface area contributed by atoms with E-state index in [1.54, 1.807) is 17.0 Å². The summed E-state index contributed by atoms with van der Waals surface area (Å²) in [6.45, 7) is 6.47. The van der Waals surface area contributed by atoms with Gasteiger partial charge in [-0.1, -0.05) is 51.3 Å². The fraction of sp³-hybridized carbons (Fsp3) is 0.385. The van der Waals surface area contributed by atoms with E-state index >= 15 is 0 Å². The number of carbonyl (C=O) groups is 2. The predicted molar refractivity (Wildman–Crippen MR) is 143 cm³/mol. The van der Waals surface area contributed by atoms with Crippen LogP contribution in [0, 0.1) is 0 Å². The molecular weight excluding hydrogens is 553 g/mol. The number of nitrogens with one attached hydrogen (secondary N) is 1. The Morgan fingerprint density at radius 1 is 1.09 bits per heavy atom. The summed E-state index contributed by atoms with van der Waals surface area (Å²) in [6, 6.07) is 13.3. The monoisotopic (exact) mass is 579 g/mol. The van der Waals surface area contributed by atoms with Crippen molar-refractivity contribution in [3.63, 3.8) is 0 Å². The Labute approximate surface area is 223 Å². The number of ether oxygens (including phenoxy) is 1. The number of aromatic nitrogens is 1. The molecular formula is C26H28BrCl2N3O3. The molecule has 0 spiro atoms. The highest BCUT2D eigenvalue weighted by atomic mass is 79.9. The van der Waals surface area contributed by atoms with E-state index in [9.17, 15) is 9.59 Å². The standard InChI is InChI=1S/C26H28BrCl2N3O3/c1-25(2,3)35-24(34)32-12-10-26(11-13-32,16-6-5-7-17(27)14-16)30-23(33)21-15-18-20(31(21)4)9-8-19(28)22(18)29/h5-9,14-15H,10-13H2,1-4H3,(H,30,33). The van der Waals surface area contributed by atoms with E-state index in [4.69, 9.17) is 27.9 Å². The summed E-state index contributed by atoms with van der Waals surface area (Å²) in [4.78, 5) is 28.0. The third-order valence-electron chi connectivity index (χ3n) is 6.34. The zero-order chi connectivity index (χ0) is 25.5. The molecule has 2 aromatic carbocycles. The van der Waals surface area contributed by atoms with Gasteiger partial charge in [0.1, 0.15) is 11.3 Å². The van der Waals surface area contributed by atoms with E-state index < -0.39 is 11.1 Å². The molecule has 0 aliphatic carbocycles. The number of amides is 2. The lowest BCUT2D eigenvalue weighted by Gasteiger charge is -2.43. The molecule has 186 valence electrons. The van der Waals surface area contributed by atoms with Gasteiger partial charge in [-0.05, 0) is 69.5 Å². The molecule has 2 amide bonds. The number of rotatable bonds is 3. The molecule has 1 N–H and O–H groups in total. The summed E-state index contributed by atoms with van der Waals surface area (Å²) in [5.74, 6) is -0.221. The highest BCUT2D eigenvalue weighted by molar-refractivity contribution is 9.10. The molecule has 0 radical (unpaired) electrons. The van der Waals surface area contributed by atoms with Gasteiger partial charge in [-0.25, -0.2) is 4.79 Å². The summed E-state index contributed by atoms with van der Waals surface area (Å²) in [7, 11) is 1.83. The van der Waals surface area contributed by atoms with Crippen LogP contribution in [-0.2, 0) is 17.3 Å². The summed E-state index contributed by atoms with van der Waals surface area (Å²) in [5.41, 5.74) is 1.05. The van der Waals surface area contributed by atoms with Crippen LogP contribution < -0.4 is 5.32 Å². The van der Waals surface area contributed by atoms with Crippen molar-refractivity contribution in [3.8, 4) is 0 Å². The molecule has 1 aliphatic rings. The number of halogens is 3. The van der Waals surface area contributed by atoms with Gasteiger partial charge >= 0.3 is 6.09 Å². The number of hydrogen-bond donors (Lipinski definition) is 1. The van der Waals surface area contributed by atoms with Crippen LogP contribution in [0.25, 0.3) is 10.9 Å². The second-order valence-electron chi connectivity index (χ2n) is 9.90. The molecule has 6 nitrogen and oxygen atoms in total. The maximum absolute atomic E-state index is 13.6. The van der Waals surface area contributed by atoms with E-state index in [1.807, 2.05) is 62.7 Å². The lowest BCUT2D eigenvalue weighted by atomic mass is 9.80. The van der Waals surface area contributed by atoms with Gasteiger partial charge < -0.3 is 19.5 Å². The van der Waals surface area contributed by atoms with Gasteiger partial charge in [0.15, 0.2) is 0 Å². The Morgan fingerprint density at radius 3 is 2.40 bits per heavy atom. The Balaban J connectivity index is 1.65. The minimum absolute atomic E-state index is 0.221. The molecule has 1 saturated heterocycles. The predicted octanol–water partition coefficient (Wildman–Crippen LogP) is 6.90. The molecule has 0 saturated carbocycles. The number of piperidine rings is 1. The first kappa shape index (κ1) is 25.9. The van der Waals surface area contributed by atoms with Gasteiger partial charge in [0, 0.05) is 35.5 Å². The average molecular weight is 581 g/mol. The summed E-state index contributed by atoms with van der Waals surface area (Å²) >= 11 is 16.2. The fourth-order valence-corrected chi connectivity index (χ4v) is 5.30. The van der Waals surface area contributed by atoms with Crippen molar-refractivity contribution in [3.05, 3.63) is 68.2 Å². The van der Waals surface area contributed by atoms with Crippen LogP contribution in [0.2, 0.25) is 10.0 Å². The Kier molecular flexibility index (Phi) is 7.15. The third kappa shape index (κ3) is 5.32. The Morgan fingerprint density at radius 2 is 1.77 bits per heavy atom. The van der Waals surface area contributed by atoms with Gasteiger partial charge in [0.2, 0.25) is 0 Å². The van der Waals surface area contributed by atoms with Gasteiger partial charge in [-0.3, -0.25) is 4.79 Å². The van der Waals surface area contributed by atoms with E-state index in [2.05, 4.69) is 21.2 Å². The fourth-order valence-electron chi connectivity index (χ4n) is 4.52. The highest BCUT2D eigenvalue weighted by Crippen LogP contribution is 2.36. The second-order valence-corrected chi connectivity index (χ2v) is 11.6. The maximum Gasteiger partial charge on any atom is 0.410 e. The third-order valence-corrected chi connectivity index (χ3v) is 7.66. The lowest BCUT2D eigenvalue weighted by molar-refractivity contribution is 0.0145. The second kappa shape index (κ2) is 9.68. The highest BCUT2D eigenvalue weighted by Gasteiger charge is 2.40. The van der Waals surface area contributed by atoms with Crippen LogP contribution in [0.4, 0.5) is 4.79 Å². The molecule has 9 heteroatoms. The molecule has 0 atom stereocenters. The van der Waals surface area contributed by atoms with Crippen molar-refractivity contribution in [2.75, 3.05) is 13.1 Å². The minimum Gasteiger partial charge on any atom is -0.444 e. The minimum atomic E-state index is -0.655. The normalized spacial score (nSPS) is 15.8. The molecule has 0 bridgehead atoms. The summed E-state index contributed by atoms with van der Waals surface area (Å²) < 4.78 is 8.29. The van der Waals surface area contributed by atoms with Crippen LogP contribution in [0.3, 0.4) is 0 Å². The first-order chi connectivity index (χ1) is 16.4. The maximum atomic E-state index is 13.6. The number of fused-ring (bicyclic) bond motifs is 1. The molecule has 1 aliphatic heterocycles. The van der Waals surface area contributed by atoms with Crippen molar-refractivity contribution >= 4 is 62.0 Å². The molecule has 4 rings (SSSR count). The molecule has 1 fully saturated rings. The van der Waals surface area contributed by atoms with Gasteiger partial charge in [-0.2, -0.15) is 0 Å². The molecule has 0 unspecified atom stereocenters. The number of hydrogen-bond acceptors (Lipinski definition) is 3. The van der Waals surface area contributed by atoms with Crippen molar-refractivity contribution in [1.82, 2.24) is 14.8 Å². The number of carbonyl (C=O) groups excluding carboxylic acids is 2. The summed E-state index contributed by atoms with van der Waals surface area (Å²) in [6.07, 6.45) is 0.752. The van der Waals surface area contributed by atoms with Crippen LogP contribution in [0.5, 0.6) is 0 Å². The summed E-state index contributed by atoms with van der Waals surface area (Å²) in [5, 5.41) is 4.89. The van der Waals surface area contributed by atoms with Crippen LogP contribution >= 0.6 is 39.1 Å². The van der Waals surface area contributed by atoms with Gasteiger partial charge in [0.05, 0.1) is 15.6 Å². The first-order valence-electron chi connectivity index (χ1n) is 11.4. The largest absolute Gasteiger partial charge is 0.444 e. The smallest absolute Gasteiger partial charge is 0.410 e. The first-order valence-corrected chi connectivity index (χ1v) is 12.9. The van der Waals surface area contributed by atoms with E-state index in [-0.39, 0.29) is 12.0 Å². The zero-order valence-corrected chi connectivity index (χ0v) is 23.2. The average Bonchev–Trinajstić information content (AvgIpc) is 3.13. The zero-order valence-electron chi connectivity index (χ0n) is 20.1. The van der Waals surface area contributed by atoms with Crippen LogP contribution in [0.1, 0.15) is 49.7 Å². The SMILES string of the molecule is Cn1c(C(=O)NC2(c3cccc(Br)c3)CCN(C(=O)OC(C)(C)C)CC2)cc2c(Cl)c(Cl)ccc21. The molecule has 35 heavy (non-hydrogen) atoms. The topological polar surface area (TPSA) is 63.6 Å². The van der Waals surface area contributed by atoms with Crippen LogP contribution in [0.15, 0.2) is 46.9 Å². The molecule has 2 heterocycles. The van der Waals surface area contributed by atoms with Crippen molar-refractivity contribution in [1.29, 1.82) is 0 Å². The van der Waals surface area contributed by atoms with E-state index in [1.165, 1.54) is 0 Å². The number of aryl methyl sites for hydroxylation is 1.